The highest BCUT2D eigenvalue weighted by Gasteiger charge is 2.10. The fourth-order valence-corrected chi connectivity index (χ4v) is 3.59. The second kappa shape index (κ2) is 3.67. The predicted molar refractivity (Wildman–Crippen MR) is 68.3 cm³/mol. The number of hydrogen-bond donors (Lipinski definition) is 1. The molecule has 0 saturated carbocycles. The van der Waals surface area contributed by atoms with Crippen molar-refractivity contribution in [2.24, 2.45) is 0 Å². The zero-order chi connectivity index (χ0) is 9.42. The van der Waals surface area contributed by atoms with E-state index in [0.29, 0.717) is 0 Å². The van der Waals surface area contributed by atoms with E-state index in [1.165, 1.54) is 10.1 Å². The van der Waals surface area contributed by atoms with Crippen LogP contribution in [-0.4, -0.2) is 7.11 Å². The number of rotatable bonds is 1. The third kappa shape index (κ3) is 1.55. The van der Waals surface area contributed by atoms with Crippen LogP contribution in [0.1, 0.15) is 0 Å². The maximum atomic E-state index is 5.28. The van der Waals surface area contributed by atoms with E-state index in [-0.39, 0.29) is 0 Å². The van der Waals surface area contributed by atoms with Gasteiger partial charge in [0.2, 0.25) is 0 Å². The van der Waals surface area contributed by atoms with E-state index in [4.69, 9.17) is 4.74 Å². The van der Waals surface area contributed by atoms with Gasteiger partial charge >= 0.3 is 0 Å². The Morgan fingerprint density at radius 2 is 2.31 bits per heavy atom. The zero-order valence-electron chi connectivity index (χ0n) is 6.87. The summed E-state index contributed by atoms with van der Waals surface area (Å²) in [6.07, 6.45) is 0. The van der Waals surface area contributed by atoms with Crippen LogP contribution >= 0.6 is 46.6 Å². The van der Waals surface area contributed by atoms with E-state index in [1.54, 1.807) is 18.4 Å². The molecule has 2 rings (SSSR count). The Morgan fingerprint density at radius 3 is 3.00 bits per heavy atom. The summed E-state index contributed by atoms with van der Waals surface area (Å²) < 4.78 is 7.58. The van der Waals surface area contributed by atoms with Crippen molar-refractivity contribution in [3.8, 4) is 5.75 Å². The SMILES string of the molecule is COc1c(I)cc2ccsc2c1S. The molecule has 2 aromatic rings. The summed E-state index contributed by atoms with van der Waals surface area (Å²) in [5.41, 5.74) is 0. The summed E-state index contributed by atoms with van der Waals surface area (Å²) in [6.45, 7) is 0. The number of benzene rings is 1. The van der Waals surface area contributed by atoms with E-state index in [0.717, 1.165) is 14.2 Å². The lowest BCUT2D eigenvalue weighted by Crippen LogP contribution is -1.88. The molecular formula is C9H7IOS2. The molecule has 0 spiro atoms. The molecule has 0 saturated heterocycles. The fourth-order valence-electron chi connectivity index (χ4n) is 1.24. The summed E-state index contributed by atoms with van der Waals surface area (Å²) in [5, 5.41) is 3.31. The first-order chi connectivity index (χ1) is 6.24. The summed E-state index contributed by atoms with van der Waals surface area (Å²) in [6, 6.07) is 4.21. The van der Waals surface area contributed by atoms with Gasteiger partial charge in [-0.3, -0.25) is 0 Å². The van der Waals surface area contributed by atoms with Crippen LogP contribution in [0.3, 0.4) is 0 Å². The van der Waals surface area contributed by atoms with Crippen LogP contribution in [0, 0.1) is 3.57 Å². The first kappa shape index (κ1) is 9.61. The smallest absolute Gasteiger partial charge is 0.146 e. The average Bonchev–Trinajstić information content (AvgIpc) is 2.53. The molecular weight excluding hydrogens is 315 g/mol. The molecule has 0 aliphatic heterocycles. The Hall–Kier alpha value is 0.0600. The normalized spacial score (nSPS) is 10.7. The van der Waals surface area contributed by atoms with Gasteiger partial charge in [0.25, 0.3) is 0 Å². The molecule has 0 atom stereocenters. The van der Waals surface area contributed by atoms with Gasteiger partial charge in [0, 0.05) is 0 Å². The van der Waals surface area contributed by atoms with Crippen molar-refractivity contribution in [3.05, 3.63) is 21.1 Å². The molecule has 68 valence electrons. The number of halogens is 1. The molecule has 0 radical (unpaired) electrons. The largest absolute Gasteiger partial charge is 0.494 e. The van der Waals surface area contributed by atoms with Gasteiger partial charge in [-0.15, -0.1) is 24.0 Å². The Balaban J connectivity index is 2.85. The highest BCUT2D eigenvalue weighted by molar-refractivity contribution is 14.1. The molecule has 0 amide bonds. The van der Waals surface area contributed by atoms with E-state index in [2.05, 4.69) is 52.7 Å². The van der Waals surface area contributed by atoms with Crippen molar-refractivity contribution in [1.82, 2.24) is 0 Å². The van der Waals surface area contributed by atoms with Crippen molar-refractivity contribution in [1.29, 1.82) is 0 Å². The fraction of sp³-hybridized carbons (Fsp3) is 0.111. The molecule has 1 nitrogen and oxygen atoms in total. The van der Waals surface area contributed by atoms with Gasteiger partial charge in [0.1, 0.15) is 5.75 Å². The van der Waals surface area contributed by atoms with Gasteiger partial charge in [0.05, 0.1) is 20.3 Å². The lowest BCUT2D eigenvalue weighted by atomic mass is 10.2. The molecule has 13 heavy (non-hydrogen) atoms. The van der Waals surface area contributed by atoms with Crippen LogP contribution < -0.4 is 4.74 Å². The van der Waals surface area contributed by atoms with Crippen LogP contribution in [-0.2, 0) is 0 Å². The maximum Gasteiger partial charge on any atom is 0.146 e. The van der Waals surface area contributed by atoms with Gasteiger partial charge < -0.3 is 4.74 Å². The molecule has 0 unspecified atom stereocenters. The molecule has 0 bridgehead atoms. The zero-order valence-corrected chi connectivity index (χ0v) is 10.7. The monoisotopic (exact) mass is 322 g/mol. The third-order valence-corrected chi connectivity index (χ3v) is 4.16. The molecule has 0 aliphatic rings. The first-order valence-electron chi connectivity index (χ1n) is 3.66. The molecule has 0 N–H and O–H groups in total. The molecule has 1 aromatic heterocycles. The number of methoxy groups -OCH3 is 1. The predicted octanol–water partition coefficient (Wildman–Crippen LogP) is 3.80. The van der Waals surface area contributed by atoms with Crippen molar-refractivity contribution in [3.63, 3.8) is 0 Å². The third-order valence-electron chi connectivity index (χ3n) is 1.83. The summed E-state index contributed by atoms with van der Waals surface area (Å²) >= 11 is 8.42. The molecule has 1 heterocycles. The van der Waals surface area contributed by atoms with Gasteiger partial charge in [-0.05, 0) is 45.5 Å². The van der Waals surface area contributed by atoms with Gasteiger partial charge in [0.15, 0.2) is 0 Å². The standard InChI is InChI=1S/C9H7IOS2/c1-11-7-6(10)4-5-2-3-13-9(5)8(7)12/h2-4,12H,1H3. The summed E-state index contributed by atoms with van der Waals surface area (Å²) in [4.78, 5) is 0.944. The lowest BCUT2D eigenvalue weighted by molar-refractivity contribution is 0.403. The van der Waals surface area contributed by atoms with E-state index in [1.807, 2.05) is 0 Å². The number of ether oxygens (including phenoxy) is 1. The van der Waals surface area contributed by atoms with Crippen LogP contribution in [0.2, 0.25) is 0 Å². The Morgan fingerprint density at radius 1 is 1.54 bits per heavy atom. The Kier molecular flexibility index (Phi) is 2.71. The van der Waals surface area contributed by atoms with Crippen LogP contribution in [0.5, 0.6) is 5.75 Å². The van der Waals surface area contributed by atoms with E-state index >= 15 is 0 Å². The van der Waals surface area contributed by atoms with E-state index < -0.39 is 0 Å². The van der Waals surface area contributed by atoms with Crippen molar-refractivity contribution < 1.29 is 4.74 Å². The number of thiol groups is 1. The minimum absolute atomic E-state index is 0.874. The Bertz CT molecular complexity index is 450. The number of hydrogen-bond acceptors (Lipinski definition) is 3. The van der Waals surface area contributed by atoms with Crippen LogP contribution in [0.4, 0.5) is 0 Å². The second-order valence-corrected chi connectivity index (χ2v) is 5.10. The second-order valence-electron chi connectivity index (χ2n) is 2.58. The minimum Gasteiger partial charge on any atom is -0.494 e. The van der Waals surface area contributed by atoms with Gasteiger partial charge in [-0.25, -0.2) is 0 Å². The van der Waals surface area contributed by atoms with Crippen molar-refractivity contribution >= 4 is 56.6 Å². The Labute approximate surface area is 99.6 Å². The van der Waals surface area contributed by atoms with Crippen molar-refractivity contribution in [2.45, 2.75) is 4.90 Å². The van der Waals surface area contributed by atoms with Crippen LogP contribution in [0.15, 0.2) is 22.4 Å². The summed E-state index contributed by atoms with van der Waals surface area (Å²) in [7, 11) is 1.68. The van der Waals surface area contributed by atoms with Crippen molar-refractivity contribution in [2.75, 3.05) is 7.11 Å². The highest BCUT2D eigenvalue weighted by atomic mass is 127. The van der Waals surface area contributed by atoms with Gasteiger partial charge in [-0.1, -0.05) is 0 Å². The topological polar surface area (TPSA) is 9.23 Å². The highest BCUT2D eigenvalue weighted by Crippen LogP contribution is 2.38. The van der Waals surface area contributed by atoms with Gasteiger partial charge in [-0.2, -0.15) is 0 Å². The molecule has 4 heteroatoms. The number of thiophene rings is 1. The molecule has 0 aliphatic carbocycles. The number of fused-ring (bicyclic) bond motifs is 1. The first-order valence-corrected chi connectivity index (χ1v) is 6.07. The average molecular weight is 322 g/mol. The van der Waals surface area contributed by atoms with Crippen LogP contribution in [0.25, 0.3) is 10.1 Å². The minimum atomic E-state index is 0.874. The maximum absolute atomic E-state index is 5.28. The molecule has 0 fully saturated rings. The molecule has 1 aromatic carbocycles. The quantitative estimate of drug-likeness (QED) is 0.621. The lowest BCUT2D eigenvalue weighted by Gasteiger charge is -2.06. The summed E-state index contributed by atoms with van der Waals surface area (Å²) in [5.74, 6) is 0.874. The van der Waals surface area contributed by atoms with E-state index in [9.17, 15) is 0 Å².